The minimum atomic E-state index is -3.59. The third-order valence-corrected chi connectivity index (χ3v) is 6.84. The number of pyridine rings is 1. The largest absolute Gasteiger partial charge is 0.326 e. The lowest BCUT2D eigenvalue weighted by molar-refractivity contribution is 0.575. The molecule has 138 valence electrons. The molecule has 26 heavy (non-hydrogen) atoms. The van der Waals surface area contributed by atoms with Crippen LogP contribution < -0.4 is 5.56 Å². The van der Waals surface area contributed by atoms with Gasteiger partial charge in [0, 0.05) is 24.0 Å². The van der Waals surface area contributed by atoms with Crippen LogP contribution in [-0.4, -0.2) is 32.8 Å². The van der Waals surface area contributed by atoms with Crippen molar-refractivity contribution >= 4 is 27.1 Å². The van der Waals surface area contributed by atoms with Crippen molar-refractivity contribution in [2.75, 3.05) is 0 Å². The first kappa shape index (κ1) is 18.6. The van der Waals surface area contributed by atoms with E-state index >= 15 is 0 Å². The molecule has 0 spiro atoms. The van der Waals surface area contributed by atoms with E-state index in [1.165, 1.54) is 12.1 Å². The second-order valence-electron chi connectivity index (χ2n) is 6.22. The molecule has 0 aliphatic rings. The van der Waals surface area contributed by atoms with Crippen molar-refractivity contribution in [2.45, 2.75) is 44.0 Å². The van der Waals surface area contributed by atoms with Gasteiger partial charge in [-0.1, -0.05) is 24.6 Å². The highest BCUT2D eigenvalue weighted by atomic mass is 35.5. The van der Waals surface area contributed by atoms with E-state index in [0.29, 0.717) is 29.5 Å². The van der Waals surface area contributed by atoms with E-state index in [-0.39, 0.29) is 10.6 Å². The van der Waals surface area contributed by atoms with Crippen molar-refractivity contribution < 1.29 is 8.42 Å². The van der Waals surface area contributed by atoms with Crippen LogP contribution in [0.5, 0.6) is 0 Å². The number of nitrogens with zero attached hydrogens (tertiary/aromatic N) is 4. The number of rotatable bonds is 5. The summed E-state index contributed by atoms with van der Waals surface area (Å²) in [6, 6.07) is 6.40. The van der Waals surface area contributed by atoms with Gasteiger partial charge in [0.15, 0.2) is 14.9 Å². The fraction of sp³-hybridized carbons (Fsp3) is 0.353. The molecule has 1 atom stereocenters. The van der Waals surface area contributed by atoms with Gasteiger partial charge in [0.1, 0.15) is 10.8 Å². The Morgan fingerprint density at radius 2 is 2.00 bits per heavy atom. The predicted octanol–water partition coefficient (Wildman–Crippen LogP) is 2.47. The van der Waals surface area contributed by atoms with Crippen molar-refractivity contribution in [3.63, 3.8) is 0 Å². The molecule has 0 saturated carbocycles. The molecule has 7 nitrogen and oxygen atoms in total. The first-order valence-corrected chi connectivity index (χ1v) is 10.1. The Labute approximate surface area is 156 Å². The quantitative estimate of drug-likeness (QED) is 0.620. The van der Waals surface area contributed by atoms with E-state index in [1.807, 2.05) is 10.6 Å². The summed E-state index contributed by atoms with van der Waals surface area (Å²) in [6.07, 6.45) is 2.11. The van der Waals surface area contributed by atoms with Crippen LogP contribution in [0.4, 0.5) is 0 Å². The highest BCUT2D eigenvalue weighted by Crippen LogP contribution is 2.19. The Morgan fingerprint density at radius 1 is 1.27 bits per heavy atom. The molecule has 0 aliphatic carbocycles. The fourth-order valence-corrected chi connectivity index (χ4v) is 4.08. The highest BCUT2D eigenvalue weighted by molar-refractivity contribution is 7.92. The zero-order valence-electron chi connectivity index (χ0n) is 14.7. The van der Waals surface area contributed by atoms with Crippen LogP contribution >= 0.6 is 11.6 Å². The summed E-state index contributed by atoms with van der Waals surface area (Å²) in [5.41, 5.74) is 1.63. The van der Waals surface area contributed by atoms with Gasteiger partial charge >= 0.3 is 0 Å². The van der Waals surface area contributed by atoms with E-state index in [1.54, 1.807) is 33.0 Å². The van der Waals surface area contributed by atoms with Crippen LogP contribution in [0.1, 0.15) is 31.5 Å². The van der Waals surface area contributed by atoms with Crippen molar-refractivity contribution in [1.29, 1.82) is 0 Å². The SMILES string of the molecule is CCC(C)S(=O)(=O)c1cc2n(Cc3ccc(Cl)nc3)c(C)cc(=O)n2n1. The first-order chi connectivity index (χ1) is 12.2. The molecule has 0 bridgehead atoms. The Bertz CT molecular complexity index is 1120. The minimum absolute atomic E-state index is 0.0856. The Balaban J connectivity index is 2.18. The van der Waals surface area contributed by atoms with Crippen LogP contribution in [0, 0.1) is 6.92 Å². The molecule has 0 aromatic carbocycles. The Morgan fingerprint density at radius 3 is 2.62 bits per heavy atom. The van der Waals surface area contributed by atoms with E-state index in [2.05, 4.69) is 10.1 Å². The number of fused-ring (bicyclic) bond motifs is 1. The van der Waals surface area contributed by atoms with Crippen LogP contribution in [0.3, 0.4) is 0 Å². The number of aryl methyl sites for hydroxylation is 1. The maximum Gasteiger partial charge on any atom is 0.274 e. The maximum atomic E-state index is 12.6. The average Bonchev–Trinajstić information content (AvgIpc) is 3.06. The molecule has 0 amide bonds. The van der Waals surface area contributed by atoms with Gasteiger partial charge in [-0.25, -0.2) is 13.4 Å². The third-order valence-electron chi connectivity index (χ3n) is 4.44. The topological polar surface area (TPSA) is 86.3 Å². The second-order valence-corrected chi connectivity index (χ2v) is 8.92. The summed E-state index contributed by atoms with van der Waals surface area (Å²) in [5, 5.41) is 3.80. The molecular weight excluding hydrogens is 376 g/mol. The van der Waals surface area contributed by atoms with Gasteiger partial charge < -0.3 is 4.57 Å². The summed E-state index contributed by atoms with van der Waals surface area (Å²) in [6.45, 7) is 5.64. The van der Waals surface area contributed by atoms with Crippen LogP contribution in [0.2, 0.25) is 5.15 Å². The van der Waals surface area contributed by atoms with Crippen molar-refractivity contribution in [3.05, 3.63) is 57.2 Å². The van der Waals surface area contributed by atoms with Crippen LogP contribution in [-0.2, 0) is 16.4 Å². The number of aromatic nitrogens is 4. The van der Waals surface area contributed by atoms with E-state index in [9.17, 15) is 13.2 Å². The van der Waals surface area contributed by atoms with Gasteiger partial charge in [0.25, 0.3) is 5.56 Å². The summed E-state index contributed by atoms with van der Waals surface area (Å²) in [4.78, 5) is 16.3. The summed E-state index contributed by atoms with van der Waals surface area (Å²) in [5.74, 6) is 0. The lowest BCUT2D eigenvalue weighted by atomic mass is 10.2. The predicted molar refractivity (Wildman–Crippen MR) is 99.5 cm³/mol. The maximum absolute atomic E-state index is 12.6. The van der Waals surface area contributed by atoms with Crippen LogP contribution in [0.15, 0.2) is 40.3 Å². The Hall–Kier alpha value is -2.19. The molecule has 3 heterocycles. The smallest absolute Gasteiger partial charge is 0.274 e. The molecule has 9 heteroatoms. The molecule has 0 saturated heterocycles. The lowest BCUT2D eigenvalue weighted by Gasteiger charge is -2.12. The van der Waals surface area contributed by atoms with Gasteiger partial charge in [-0.2, -0.15) is 9.61 Å². The number of halogens is 1. The van der Waals surface area contributed by atoms with Crippen LogP contribution in [0.25, 0.3) is 5.65 Å². The van der Waals surface area contributed by atoms with E-state index in [4.69, 9.17) is 11.6 Å². The van der Waals surface area contributed by atoms with Gasteiger partial charge in [0.05, 0.1) is 11.8 Å². The molecule has 3 aromatic rings. The minimum Gasteiger partial charge on any atom is -0.326 e. The van der Waals surface area contributed by atoms with Crippen molar-refractivity contribution in [1.82, 2.24) is 19.2 Å². The Kier molecular flexibility index (Phi) is 4.90. The molecule has 0 radical (unpaired) electrons. The fourth-order valence-electron chi connectivity index (χ4n) is 2.66. The second kappa shape index (κ2) is 6.85. The summed E-state index contributed by atoms with van der Waals surface area (Å²) >= 11 is 5.82. The first-order valence-electron chi connectivity index (χ1n) is 8.18. The third kappa shape index (κ3) is 3.26. The van der Waals surface area contributed by atoms with Crippen molar-refractivity contribution in [2.24, 2.45) is 0 Å². The average molecular weight is 395 g/mol. The van der Waals surface area contributed by atoms with E-state index in [0.717, 1.165) is 10.1 Å². The summed E-state index contributed by atoms with van der Waals surface area (Å²) < 4.78 is 28.2. The molecule has 3 aromatic heterocycles. The zero-order chi connectivity index (χ0) is 19.1. The number of hydrogen-bond acceptors (Lipinski definition) is 5. The standard InChI is InChI=1S/C17H19ClN4O3S/c1-4-12(3)26(24,25)15-8-16-21(10-13-5-6-14(18)19-9-13)11(2)7-17(23)22(16)20-15/h5-9,12H,4,10H2,1-3H3. The van der Waals surface area contributed by atoms with Gasteiger partial charge in [-0.3, -0.25) is 4.79 Å². The summed E-state index contributed by atoms with van der Waals surface area (Å²) in [7, 11) is -3.59. The zero-order valence-corrected chi connectivity index (χ0v) is 16.3. The molecule has 0 aliphatic heterocycles. The molecule has 3 rings (SSSR count). The van der Waals surface area contributed by atoms with Crippen molar-refractivity contribution in [3.8, 4) is 0 Å². The number of hydrogen-bond donors (Lipinski definition) is 0. The van der Waals surface area contributed by atoms with Gasteiger partial charge in [0.2, 0.25) is 0 Å². The van der Waals surface area contributed by atoms with Gasteiger partial charge in [-0.15, -0.1) is 0 Å². The van der Waals surface area contributed by atoms with E-state index < -0.39 is 15.1 Å². The number of sulfone groups is 1. The molecular formula is C17H19ClN4O3S. The lowest BCUT2D eigenvalue weighted by Crippen LogP contribution is -2.21. The normalized spacial score (nSPS) is 13.2. The molecule has 0 fully saturated rings. The van der Waals surface area contributed by atoms with Gasteiger partial charge in [-0.05, 0) is 31.9 Å². The monoisotopic (exact) mass is 394 g/mol. The highest BCUT2D eigenvalue weighted by Gasteiger charge is 2.26. The molecule has 0 N–H and O–H groups in total. The molecule has 1 unspecified atom stereocenters.